The van der Waals surface area contributed by atoms with Gasteiger partial charge in [-0.1, -0.05) is 12.1 Å². The molecule has 1 fully saturated rings. The maximum absolute atomic E-state index is 12.4. The molecular formula is C16H18N2O2. The molecule has 20 heavy (non-hydrogen) atoms. The maximum Gasteiger partial charge on any atom is 0.264 e. The van der Waals surface area contributed by atoms with Crippen molar-refractivity contribution in [2.24, 2.45) is 0 Å². The molecule has 1 N–H and O–H groups in total. The molecule has 4 nitrogen and oxygen atoms in total. The van der Waals surface area contributed by atoms with Gasteiger partial charge >= 0.3 is 0 Å². The molecule has 4 heteroatoms. The number of phenols is 1. The van der Waals surface area contributed by atoms with Crippen LogP contribution in [0.15, 0.2) is 29.8 Å². The average molecular weight is 270 g/mol. The number of carbonyl (C=O) groups excluding carboxylic acids is 1. The van der Waals surface area contributed by atoms with Crippen LogP contribution in [0.5, 0.6) is 5.75 Å². The summed E-state index contributed by atoms with van der Waals surface area (Å²) in [6.45, 7) is 2.74. The number of hydrogen-bond acceptors (Lipinski definition) is 3. The summed E-state index contributed by atoms with van der Waals surface area (Å²) in [5.74, 6) is -0.0376. The topological polar surface area (TPSA) is 64.3 Å². The van der Waals surface area contributed by atoms with Gasteiger partial charge in [0.2, 0.25) is 0 Å². The van der Waals surface area contributed by atoms with Crippen molar-refractivity contribution in [3.05, 3.63) is 35.4 Å². The van der Waals surface area contributed by atoms with Crippen LogP contribution in [0.3, 0.4) is 0 Å². The number of nitriles is 1. The number of phenolic OH excluding ortho intramolecular Hbond substituents is 1. The Hall–Kier alpha value is -2.28. The number of aromatic hydroxyl groups is 1. The highest BCUT2D eigenvalue weighted by molar-refractivity contribution is 6.01. The standard InChI is InChI=1S/C16H18N2O2/c1-12-4-2-3-9-18(12)16(20)14(11-17)10-13-5-7-15(19)8-6-13/h5-8,10,12,19H,2-4,9H2,1H3/b14-10+. The highest BCUT2D eigenvalue weighted by Gasteiger charge is 2.25. The van der Waals surface area contributed by atoms with Crippen molar-refractivity contribution in [2.75, 3.05) is 6.54 Å². The van der Waals surface area contributed by atoms with Gasteiger partial charge in [-0.3, -0.25) is 4.79 Å². The molecule has 0 spiro atoms. The summed E-state index contributed by atoms with van der Waals surface area (Å²) in [4.78, 5) is 14.2. The minimum Gasteiger partial charge on any atom is -0.508 e. The molecule has 0 aliphatic carbocycles. The molecule has 0 aromatic heterocycles. The van der Waals surface area contributed by atoms with E-state index in [-0.39, 0.29) is 23.3 Å². The molecule has 0 radical (unpaired) electrons. The Morgan fingerprint density at radius 1 is 1.40 bits per heavy atom. The van der Waals surface area contributed by atoms with Gasteiger partial charge in [0.05, 0.1) is 0 Å². The number of carbonyl (C=O) groups is 1. The molecule has 1 aliphatic heterocycles. The zero-order valence-corrected chi connectivity index (χ0v) is 11.5. The van der Waals surface area contributed by atoms with Crippen molar-refractivity contribution in [3.8, 4) is 11.8 Å². The lowest BCUT2D eigenvalue weighted by molar-refractivity contribution is -0.129. The molecule has 1 heterocycles. The Balaban J connectivity index is 2.21. The molecule has 0 bridgehead atoms. The zero-order valence-electron chi connectivity index (χ0n) is 11.5. The van der Waals surface area contributed by atoms with Crippen LogP contribution in [0.1, 0.15) is 31.7 Å². The predicted octanol–water partition coefficient (Wildman–Crippen LogP) is 2.70. The van der Waals surface area contributed by atoms with Gasteiger partial charge in [0.15, 0.2) is 0 Å². The van der Waals surface area contributed by atoms with Gasteiger partial charge < -0.3 is 10.0 Å². The third-order valence-electron chi connectivity index (χ3n) is 3.62. The first-order valence-corrected chi connectivity index (χ1v) is 6.83. The lowest BCUT2D eigenvalue weighted by Gasteiger charge is -2.33. The summed E-state index contributed by atoms with van der Waals surface area (Å²) in [5, 5.41) is 18.4. The van der Waals surface area contributed by atoms with E-state index in [0.717, 1.165) is 24.8 Å². The molecule has 1 aromatic rings. The first-order chi connectivity index (χ1) is 9.61. The van der Waals surface area contributed by atoms with E-state index in [4.69, 9.17) is 0 Å². The summed E-state index contributed by atoms with van der Waals surface area (Å²) in [7, 11) is 0. The predicted molar refractivity (Wildman–Crippen MR) is 76.7 cm³/mol. The number of hydrogen-bond donors (Lipinski definition) is 1. The smallest absolute Gasteiger partial charge is 0.264 e. The Morgan fingerprint density at radius 2 is 2.10 bits per heavy atom. The molecular weight excluding hydrogens is 252 g/mol. The largest absolute Gasteiger partial charge is 0.508 e. The molecule has 1 unspecified atom stereocenters. The van der Waals surface area contributed by atoms with Crippen molar-refractivity contribution in [1.29, 1.82) is 5.26 Å². The fourth-order valence-corrected chi connectivity index (χ4v) is 2.43. The maximum atomic E-state index is 12.4. The zero-order chi connectivity index (χ0) is 14.5. The first kappa shape index (κ1) is 14.1. The van der Waals surface area contributed by atoms with Crippen molar-refractivity contribution < 1.29 is 9.90 Å². The number of benzene rings is 1. The molecule has 1 saturated heterocycles. The highest BCUT2D eigenvalue weighted by atomic mass is 16.3. The number of amides is 1. The first-order valence-electron chi connectivity index (χ1n) is 6.83. The van der Waals surface area contributed by atoms with Crippen LogP contribution in [0, 0.1) is 11.3 Å². The number of rotatable bonds is 2. The molecule has 0 saturated carbocycles. The highest BCUT2D eigenvalue weighted by Crippen LogP contribution is 2.20. The van der Waals surface area contributed by atoms with Crippen molar-refractivity contribution in [1.82, 2.24) is 4.90 Å². The van der Waals surface area contributed by atoms with E-state index in [1.165, 1.54) is 12.1 Å². The van der Waals surface area contributed by atoms with Crippen molar-refractivity contribution in [3.63, 3.8) is 0 Å². The van der Waals surface area contributed by atoms with E-state index in [1.807, 2.05) is 13.0 Å². The third-order valence-corrected chi connectivity index (χ3v) is 3.62. The minimum atomic E-state index is -0.201. The van der Waals surface area contributed by atoms with Gasteiger partial charge in [-0.05, 0) is 50.0 Å². The fourth-order valence-electron chi connectivity index (χ4n) is 2.43. The van der Waals surface area contributed by atoms with E-state index < -0.39 is 0 Å². The Morgan fingerprint density at radius 3 is 2.70 bits per heavy atom. The second-order valence-corrected chi connectivity index (χ2v) is 5.10. The SMILES string of the molecule is CC1CCCCN1C(=O)/C(C#N)=C/c1ccc(O)cc1. The summed E-state index contributed by atoms with van der Waals surface area (Å²) in [6, 6.07) is 8.61. The summed E-state index contributed by atoms with van der Waals surface area (Å²) < 4.78 is 0. The van der Waals surface area contributed by atoms with Crippen LogP contribution in [-0.4, -0.2) is 28.5 Å². The molecule has 2 rings (SSSR count). The summed E-state index contributed by atoms with van der Waals surface area (Å²) >= 11 is 0. The van der Waals surface area contributed by atoms with E-state index >= 15 is 0 Å². The molecule has 104 valence electrons. The lowest BCUT2D eigenvalue weighted by Crippen LogP contribution is -2.42. The molecule has 1 aromatic carbocycles. The molecule has 1 amide bonds. The average Bonchev–Trinajstić information content (AvgIpc) is 2.46. The van der Waals surface area contributed by atoms with E-state index in [2.05, 4.69) is 0 Å². The van der Waals surface area contributed by atoms with Crippen LogP contribution < -0.4 is 0 Å². The van der Waals surface area contributed by atoms with Crippen LogP contribution >= 0.6 is 0 Å². The van der Waals surface area contributed by atoms with Crippen molar-refractivity contribution in [2.45, 2.75) is 32.2 Å². The van der Waals surface area contributed by atoms with Crippen LogP contribution in [0.2, 0.25) is 0 Å². The second-order valence-electron chi connectivity index (χ2n) is 5.10. The van der Waals surface area contributed by atoms with Gasteiger partial charge in [0.25, 0.3) is 5.91 Å². The van der Waals surface area contributed by atoms with Gasteiger partial charge in [-0.25, -0.2) is 0 Å². The van der Waals surface area contributed by atoms with E-state index in [0.29, 0.717) is 6.54 Å². The van der Waals surface area contributed by atoms with Gasteiger partial charge in [-0.2, -0.15) is 5.26 Å². The fraction of sp³-hybridized carbons (Fsp3) is 0.375. The normalized spacial score (nSPS) is 19.5. The summed E-state index contributed by atoms with van der Waals surface area (Å²) in [5.41, 5.74) is 0.877. The summed E-state index contributed by atoms with van der Waals surface area (Å²) in [6.07, 6.45) is 4.69. The number of piperidine rings is 1. The van der Waals surface area contributed by atoms with E-state index in [1.54, 1.807) is 23.1 Å². The number of likely N-dealkylation sites (tertiary alicyclic amines) is 1. The van der Waals surface area contributed by atoms with Gasteiger partial charge in [0, 0.05) is 12.6 Å². The Bertz CT molecular complexity index is 555. The van der Waals surface area contributed by atoms with Crippen molar-refractivity contribution >= 4 is 12.0 Å². The Kier molecular flexibility index (Phi) is 4.41. The van der Waals surface area contributed by atoms with Crippen LogP contribution in [0.4, 0.5) is 0 Å². The van der Waals surface area contributed by atoms with Gasteiger partial charge in [-0.15, -0.1) is 0 Å². The second kappa shape index (κ2) is 6.25. The molecule has 1 aliphatic rings. The lowest BCUT2D eigenvalue weighted by atomic mass is 10.0. The van der Waals surface area contributed by atoms with E-state index in [9.17, 15) is 15.2 Å². The van der Waals surface area contributed by atoms with Crippen LogP contribution in [-0.2, 0) is 4.79 Å². The Labute approximate surface area is 118 Å². The minimum absolute atomic E-state index is 0.143. The monoisotopic (exact) mass is 270 g/mol. The molecule has 1 atom stereocenters. The number of nitrogens with zero attached hydrogens (tertiary/aromatic N) is 2. The van der Waals surface area contributed by atoms with Crippen LogP contribution in [0.25, 0.3) is 6.08 Å². The third kappa shape index (κ3) is 3.18. The quantitative estimate of drug-likeness (QED) is 0.663. The van der Waals surface area contributed by atoms with Gasteiger partial charge in [0.1, 0.15) is 17.4 Å².